The summed E-state index contributed by atoms with van der Waals surface area (Å²) in [6.07, 6.45) is 0.840. The van der Waals surface area contributed by atoms with Crippen LogP contribution in [0, 0.1) is 0 Å². The number of hydrogen-bond donors (Lipinski definition) is 3. The SMILES string of the molecule is CN(CCCNC(=O)Nc1cccc(N2CCNC2=O)c1)c1ccccc1. The molecule has 0 bridgehead atoms. The molecule has 7 nitrogen and oxygen atoms in total. The van der Waals surface area contributed by atoms with E-state index in [1.165, 1.54) is 0 Å². The summed E-state index contributed by atoms with van der Waals surface area (Å²) in [5, 5.41) is 8.45. The van der Waals surface area contributed by atoms with Gasteiger partial charge in [0.2, 0.25) is 0 Å². The minimum absolute atomic E-state index is 0.112. The maximum absolute atomic E-state index is 12.1. The number of anilines is 3. The van der Waals surface area contributed by atoms with Crippen molar-refractivity contribution in [1.82, 2.24) is 10.6 Å². The molecule has 1 heterocycles. The largest absolute Gasteiger partial charge is 0.375 e. The predicted molar refractivity (Wildman–Crippen MR) is 109 cm³/mol. The number of rotatable bonds is 7. The maximum Gasteiger partial charge on any atom is 0.321 e. The Balaban J connectivity index is 1.42. The molecule has 1 fully saturated rings. The van der Waals surface area contributed by atoms with Crippen LogP contribution < -0.4 is 25.8 Å². The van der Waals surface area contributed by atoms with Gasteiger partial charge < -0.3 is 20.9 Å². The van der Waals surface area contributed by atoms with Crippen LogP contribution in [0.25, 0.3) is 0 Å². The fourth-order valence-corrected chi connectivity index (χ4v) is 2.97. The van der Waals surface area contributed by atoms with Crippen molar-refractivity contribution in [1.29, 1.82) is 0 Å². The Kier molecular flexibility index (Phi) is 6.14. The van der Waals surface area contributed by atoms with Crippen LogP contribution in [-0.2, 0) is 0 Å². The first-order chi connectivity index (χ1) is 13.1. The zero-order chi connectivity index (χ0) is 19.1. The lowest BCUT2D eigenvalue weighted by molar-refractivity contribution is 0.251. The van der Waals surface area contributed by atoms with Crippen LogP contribution in [0.15, 0.2) is 54.6 Å². The van der Waals surface area contributed by atoms with Gasteiger partial charge in [-0.1, -0.05) is 24.3 Å². The summed E-state index contributed by atoms with van der Waals surface area (Å²) >= 11 is 0. The lowest BCUT2D eigenvalue weighted by atomic mass is 10.2. The average Bonchev–Trinajstić information content (AvgIpc) is 3.12. The van der Waals surface area contributed by atoms with Crippen LogP contribution in [0.4, 0.5) is 26.7 Å². The zero-order valence-corrected chi connectivity index (χ0v) is 15.4. The summed E-state index contributed by atoms with van der Waals surface area (Å²) in [7, 11) is 2.04. The lowest BCUT2D eigenvalue weighted by Gasteiger charge is -2.19. The Morgan fingerprint density at radius 2 is 2.00 bits per heavy atom. The van der Waals surface area contributed by atoms with Crippen LogP contribution >= 0.6 is 0 Å². The van der Waals surface area contributed by atoms with Gasteiger partial charge in [0, 0.05) is 50.3 Å². The number of amides is 4. The van der Waals surface area contributed by atoms with Gasteiger partial charge in [0.15, 0.2) is 0 Å². The molecule has 0 unspecified atom stereocenters. The molecular weight excluding hydrogens is 342 g/mol. The molecule has 0 aromatic heterocycles. The van der Waals surface area contributed by atoms with E-state index in [-0.39, 0.29) is 12.1 Å². The molecule has 7 heteroatoms. The van der Waals surface area contributed by atoms with Crippen molar-refractivity contribution in [3.05, 3.63) is 54.6 Å². The second-order valence-electron chi connectivity index (χ2n) is 6.43. The first-order valence-electron chi connectivity index (χ1n) is 9.10. The Hall–Kier alpha value is -3.22. The van der Waals surface area contributed by atoms with Crippen molar-refractivity contribution in [3.63, 3.8) is 0 Å². The molecule has 3 rings (SSSR count). The molecule has 0 saturated carbocycles. The second-order valence-corrected chi connectivity index (χ2v) is 6.43. The van der Waals surface area contributed by atoms with Gasteiger partial charge in [-0.15, -0.1) is 0 Å². The van der Waals surface area contributed by atoms with Gasteiger partial charge in [0.1, 0.15) is 0 Å². The lowest BCUT2D eigenvalue weighted by Crippen LogP contribution is -2.32. The van der Waals surface area contributed by atoms with Gasteiger partial charge in [-0.05, 0) is 36.8 Å². The fourth-order valence-electron chi connectivity index (χ4n) is 2.97. The van der Waals surface area contributed by atoms with E-state index < -0.39 is 0 Å². The molecule has 27 heavy (non-hydrogen) atoms. The number of benzene rings is 2. The molecule has 0 atom stereocenters. The van der Waals surface area contributed by atoms with Gasteiger partial charge in [-0.25, -0.2) is 9.59 Å². The molecule has 1 aliphatic rings. The summed E-state index contributed by atoms with van der Waals surface area (Å²) in [5.74, 6) is 0. The van der Waals surface area contributed by atoms with E-state index in [1.54, 1.807) is 17.0 Å². The highest BCUT2D eigenvalue weighted by Crippen LogP contribution is 2.20. The van der Waals surface area contributed by atoms with Crippen molar-refractivity contribution >= 4 is 29.1 Å². The molecule has 2 aromatic carbocycles. The van der Waals surface area contributed by atoms with E-state index in [2.05, 4.69) is 33.0 Å². The number of carbonyl (C=O) groups is 2. The smallest absolute Gasteiger partial charge is 0.321 e. The van der Waals surface area contributed by atoms with Gasteiger partial charge >= 0.3 is 12.1 Å². The van der Waals surface area contributed by atoms with Crippen molar-refractivity contribution in [3.8, 4) is 0 Å². The van der Waals surface area contributed by atoms with E-state index in [0.717, 1.165) is 24.3 Å². The highest BCUT2D eigenvalue weighted by Gasteiger charge is 2.21. The molecule has 2 aromatic rings. The quantitative estimate of drug-likeness (QED) is 0.659. The van der Waals surface area contributed by atoms with E-state index in [1.807, 2.05) is 37.4 Å². The van der Waals surface area contributed by atoms with Crippen molar-refractivity contribution < 1.29 is 9.59 Å². The molecule has 3 N–H and O–H groups in total. The summed E-state index contributed by atoms with van der Waals surface area (Å²) in [4.78, 5) is 27.7. The third-order valence-electron chi connectivity index (χ3n) is 4.43. The van der Waals surface area contributed by atoms with Crippen molar-refractivity contribution in [2.45, 2.75) is 6.42 Å². The number of urea groups is 2. The van der Waals surface area contributed by atoms with Crippen molar-refractivity contribution in [2.75, 3.05) is 48.3 Å². The summed E-state index contributed by atoms with van der Waals surface area (Å²) in [5.41, 5.74) is 2.59. The van der Waals surface area contributed by atoms with Crippen molar-refractivity contribution in [2.24, 2.45) is 0 Å². The molecule has 0 aliphatic carbocycles. The second kappa shape index (κ2) is 8.93. The van der Waals surface area contributed by atoms with E-state index >= 15 is 0 Å². The average molecular weight is 367 g/mol. The molecule has 4 amide bonds. The normalized spacial score (nSPS) is 13.2. The zero-order valence-electron chi connectivity index (χ0n) is 15.4. The van der Waals surface area contributed by atoms with Crippen LogP contribution in [-0.4, -0.2) is 45.3 Å². The molecule has 1 aliphatic heterocycles. The molecule has 142 valence electrons. The van der Waals surface area contributed by atoms with Gasteiger partial charge in [-0.2, -0.15) is 0 Å². The Morgan fingerprint density at radius 3 is 2.74 bits per heavy atom. The molecular formula is C20H25N5O2. The molecule has 1 saturated heterocycles. The topological polar surface area (TPSA) is 76.7 Å². The summed E-state index contributed by atoms with van der Waals surface area (Å²) in [6.45, 7) is 2.69. The van der Waals surface area contributed by atoms with Crippen LogP contribution in [0.1, 0.15) is 6.42 Å². The molecule has 0 spiro atoms. The first kappa shape index (κ1) is 18.6. The Labute approximate surface area is 159 Å². The Bertz CT molecular complexity index is 781. The summed E-state index contributed by atoms with van der Waals surface area (Å²) < 4.78 is 0. The Morgan fingerprint density at radius 1 is 1.19 bits per heavy atom. The van der Waals surface area contributed by atoms with E-state index in [0.29, 0.717) is 25.3 Å². The maximum atomic E-state index is 12.1. The van der Waals surface area contributed by atoms with Crippen LogP contribution in [0.2, 0.25) is 0 Å². The standard InChI is InChI=1S/C20H25N5O2/c1-24(17-8-3-2-4-9-17)13-6-11-21-19(26)23-16-7-5-10-18(15-16)25-14-12-22-20(25)27/h2-5,7-10,15H,6,11-14H2,1H3,(H,22,27)(H2,21,23,26). The number of nitrogens with zero attached hydrogens (tertiary/aromatic N) is 2. The highest BCUT2D eigenvalue weighted by molar-refractivity contribution is 5.95. The van der Waals surface area contributed by atoms with E-state index in [4.69, 9.17) is 0 Å². The first-order valence-corrected chi connectivity index (χ1v) is 9.10. The minimum Gasteiger partial charge on any atom is -0.375 e. The van der Waals surface area contributed by atoms with Gasteiger partial charge in [0.05, 0.1) is 0 Å². The third-order valence-corrected chi connectivity index (χ3v) is 4.43. The highest BCUT2D eigenvalue weighted by atomic mass is 16.2. The fraction of sp³-hybridized carbons (Fsp3) is 0.300. The molecule has 0 radical (unpaired) electrons. The minimum atomic E-state index is -0.250. The summed E-state index contributed by atoms with van der Waals surface area (Å²) in [6, 6.07) is 17.1. The van der Waals surface area contributed by atoms with Crippen LogP contribution in [0.5, 0.6) is 0 Å². The van der Waals surface area contributed by atoms with Gasteiger partial charge in [-0.3, -0.25) is 4.90 Å². The number of carbonyl (C=O) groups excluding carboxylic acids is 2. The predicted octanol–water partition coefficient (Wildman–Crippen LogP) is 2.86. The van der Waals surface area contributed by atoms with Crippen LogP contribution in [0.3, 0.4) is 0 Å². The number of hydrogen-bond acceptors (Lipinski definition) is 3. The third kappa shape index (κ3) is 5.13. The van der Waals surface area contributed by atoms with Gasteiger partial charge in [0.25, 0.3) is 0 Å². The number of para-hydroxylation sites is 1. The van der Waals surface area contributed by atoms with E-state index in [9.17, 15) is 9.59 Å². The monoisotopic (exact) mass is 367 g/mol. The number of nitrogens with one attached hydrogen (secondary N) is 3.